The molecule has 0 aromatic heterocycles. The molecule has 0 spiro atoms. The summed E-state index contributed by atoms with van der Waals surface area (Å²) in [7, 11) is 0. The van der Waals surface area contributed by atoms with Gasteiger partial charge in [0.1, 0.15) is 24.4 Å². The number of aliphatic hydroxyl groups is 5. The van der Waals surface area contributed by atoms with E-state index < -0.39 is 49.5 Å². The Kier molecular flexibility index (Phi) is 71.8. The number of amides is 1. The fourth-order valence-corrected chi connectivity index (χ4v) is 14.2. The van der Waals surface area contributed by atoms with Crippen LogP contribution in [0.4, 0.5) is 0 Å². The summed E-state index contributed by atoms with van der Waals surface area (Å²) in [6.07, 6.45) is 85.6. The zero-order chi connectivity index (χ0) is 69.4. The Morgan fingerprint density at radius 2 is 0.656 bits per heavy atom. The Hall–Kier alpha value is -1.60. The van der Waals surface area contributed by atoms with Gasteiger partial charge >= 0.3 is 5.97 Å². The largest absolute Gasteiger partial charge is 0.466 e. The van der Waals surface area contributed by atoms with E-state index in [1.54, 1.807) is 6.08 Å². The number of carbonyl (C=O) groups is 2. The lowest BCUT2D eigenvalue weighted by molar-refractivity contribution is -0.302. The zero-order valence-corrected chi connectivity index (χ0v) is 63.9. The molecule has 0 bridgehead atoms. The number of nitrogens with one attached hydrogen (secondary N) is 1. The highest BCUT2D eigenvalue weighted by Crippen LogP contribution is 2.24. The smallest absolute Gasteiger partial charge is 0.305 e. The summed E-state index contributed by atoms with van der Waals surface area (Å²) in [6.45, 7) is 4.41. The Balaban J connectivity index is 1.84. The summed E-state index contributed by atoms with van der Waals surface area (Å²) in [5.41, 5.74) is 0. The van der Waals surface area contributed by atoms with Gasteiger partial charge in [-0.25, -0.2) is 0 Å². The van der Waals surface area contributed by atoms with Gasteiger partial charge in [-0.2, -0.15) is 0 Å². The van der Waals surface area contributed by atoms with Crippen LogP contribution in [0.3, 0.4) is 0 Å². The Bertz CT molecular complexity index is 1600. The first kappa shape index (κ1) is 92.4. The van der Waals surface area contributed by atoms with Crippen LogP contribution in [0, 0.1) is 0 Å². The molecule has 1 fully saturated rings. The van der Waals surface area contributed by atoms with E-state index in [2.05, 4.69) is 19.2 Å². The summed E-state index contributed by atoms with van der Waals surface area (Å²) in [6, 6.07) is -0.804. The second-order valence-electron chi connectivity index (χ2n) is 30.3. The second-order valence-corrected chi connectivity index (χ2v) is 30.3. The number of hydrogen-bond donors (Lipinski definition) is 6. The molecular weight excluding hydrogens is 1190 g/mol. The average molecular weight is 1360 g/mol. The van der Waals surface area contributed by atoms with Gasteiger partial charge < -0.3 is 45.1 Å². The van der Waals surface area contributed by atoms with E-state index >= 15 is 0 Å². The summed E-state index contributed by atoms with van der Waals surface area (Å²) < 4.78 is 16.8. The molecule has 1 heterocycles. The maximum atomic E-state index is 13.1. The number of unbranched alkanes of at least 4 members (excludes halogenated alkanes) is 64. The summed E-state index contributed by atoms with van der Waals surface area (Å²) in [4.78, 5) is 25.2. The van der Waals surface area contributed by atoms with E-state index in [0.29, 0.717) is 19.4 Å². The topological polar surface area (TPSA) is 175 Å². The van der Waals surface area contributed by atoms with Crippen LogP contribution in [0.5, 0.6) is 0 Å². The van der Waals surface area contributed by atoms with Gasteiger partial charge in [0.2, 0.25) is 5.91 Å². The van der Waals surface area contributed by atoms with Gasteiger partial charge in [0, 0.05) is 12.8 Å². The molecule has 1 aliphatic rings. The lowest BCUT2D eigenvalue weighted by atomic mass is 9.99. The molecule has 96 heavy (non-hydrogen) atoms. The van der Waals surface area contributed by atoms with E-state index in [9.17, 15) is 35.1 Å². The van der Waals surface area contributed by atoms with Gasteiger partial charge in [-0.3, -0.25) is 9.59 Å². The number of ether oxygens (including phenoxy) is 3. The van der Waals surface area contributed by atoms with Crippen LogP contribution in [0.25, 0.3) is 0 Å². The van der Waals surface area contributed by atoms with Crippen molar-refractivity contribution in [3.05, 3.63) is 12.2 Å². The van der Waals surface area contributed by atoms with Crippen LogP contribution in [-0.4, -0.2) is 100 Å². The summed E-state index contributed by atoms with van der Waals surface area (Å²) in [5, 5.41) is 54.6. The maximum absolute atomic E-state index is 13.1. The van der Waals surface area contributed by atoms with E-state index in [4.69, 9.17) is 14.2 Å². The number of allylic oxidation sites excluding steroid dienone is 1. The lowest BCUT2D eigenvalue weighted by Crippen LogP contribution is -2.60. The fourth-order valence-electron chi connectivity index (χ4n) is 14.2. The Labute approximate surface area is 595 Å². The second kappa shape index (κ2) is 74.6. The molecule has 0 aliphatic carbocycles. The van der Waals surface area contributed by atoms with Crippen molar-refractivity contribution in [1.29, 1.82) is 0 Å². The molecule has 11 heteroatoms. The van der Waals surface area contributed by atoms with Crippen molar-refractivity contribution >= 4 is 11.9 Å². The zero-order valence-electron chi connectivity index (χ0n) is 63.9. The molecule has 1 aliphatic heterocycles. The quantitative estimate of drug-likeness (QED) is 0.0195. The summed E-state index contributed by atoms with van der Waals surface area (Å²) >= 11 is 0. The Morgan fingerprint density at radius 1 is 0.375 bits per heavy atom. The molecule has 7 atom stereocenters. The third kappa shape index (κ3) is 62.2. The Morgan fingerprint density at radius 3 is 0.969 bits per heavy atom. The molecule has 0 aromatic rings. The minimum Gasteiger partial charge on any atom is -0.466 e. The first-order chi connectivity index (χ1) is 47.2. The van der Waals surface area contributed by atoms with Crippen molar-refractivity contribution in [1.82, 2.24) is 5.32 Å². The van der Waals surface area contributed by atoms with Crippen LogP contribution in [0.2, 0.25) is 0 Å². The number of carbonyl (C=O) groups excluding carboxylic acids is 2. The van der Waals surface area contributed by atoms with E-state index in [1.807, 2.05) is 6.08 Å². The molecule has 1 amide bonds. The van der Waals surface area contributed by atoms with Gasteiger partial charge in [0.25, 0.3) is 0 Å². The fraction of sp³-hybridized carbons (Fsp3) is 0.953. The molecule has 0 aromatic carbocycles. The molecule has 1 saturated heterocycles. The number of esters is 1. The van der Waals surface area contributed by atoms with Crippen molar-refractivity contribution in [3.63, 3.8) is 0 Å². The molecule has 0 saturated carbocycles. The van der Waals surface area contributed by atoms with Gasteiger partial charge in [-0.15, -0.1) is 0 Å². The minimum atomic E-state index is -1.57. The predicted octanol–water partition coefficient (Wildman–Crippen LogP) is 23.7. The molecule has 11 nitrogen and oxygen atoms in total. The maximum Gasteiger partial charge on any atom is 0.305 e. The monoisotopic (exact) mass is 1360 g/mol. The van der Waals surface area contributed by atoms with Gasteiger partial charge in [-0.1, -0.05) is 424 Å². The van der Waals surface area contributed by atoms with Crippen LogP contribution < -0.4 is 5.32 Å². The highest BCUT2D eigenvalue weighted by atomic mass is 16.7. The highest BCUT2D eigenvalue weighted by Gasteiger charge is 2.44. The molecule has 7 unspecified atom stereocenters. The number of hydrogen-bond acceptors (Lipinski definition) is 10. The average Bonchev–Trinajstić information content (AvgIpc) is 0.852. The molecule has 570 valence electrons. The SMILES string of the molecule is CCCCCCCCCCCC/C=C/C(O)C(COC1OC(CO)C(O)C(O)C1O)NC(=O)CCCCCCCCCCCCCCCCCCCCCCCCCCCCCCCCCCCCCCCCCOC(=O)CCCCCCCCCCCCCCCCCCC. The summed E-state index contributed by atoms with van der Waals surface area (Å²) in [5.74, 6) is -0.149. The molecule has 6 N–H and O–H groups in total. The van der Waals surface area contributed by atoms with E-state index in [-0.39, 0.29) is 18.5 Å². The third-order valence-electron chi connectivity index (χ3n) is 20.9. The van der Waals surface area contributed by atoms with Gasteiger partial charge in [0.15, 0.2) is 6.29 Å². The molecule has 1 rings (SSSR count). The third-order valence-corrected chi connectivity index (χ3v) is 20.9. The standard InChI is InChI=1S/C85H165NO10/c1-3-5-7-9-11-13-15-17-18-42-46-49-53-57-61-65-69-73-81(90)94-74-70-66-62-58-54-50-47-44-41-39-37-35-33-31-29-27-25-23-21-19-20-22-24-26-28-30-32-34-36-38-40-43-45-48-52-56-60-64-68-72-80(89)86-77(76-95-85-84(93)83(92)82(91)79(75-87)96-85)78(88)71-67-63-59-55-51-16-14-12-10-8-6-4-2/h67,71,77-79,82-85,87-88,91-93H,3-66,68-70,72-76H2,1-2H3,(H,86,89)/b71-67+. The molecule has 0 radical (unpaired) electrons. The highest BCUT2D eigenvalue weighted by molar-refractivity contribution is 5.76. The molecular formula is C85H165NO10. The first-order valence-electron chi connectivity index (χ1n) is 43.0. The van der Waals surface area contributed by atoms with E-state index in [0.717, 1.165) is 51.4 Å². The van der Waals surface area contributed by atoms with Crippen molar-refractivity contribution < 1.29 is 49.3 Å². The van der Waals surface area contributed by atoms with Gasteiger partial charge in [-0.05, 0) is 32.1 Å². The lowest BCUT2D eigenvalue weighted by Gasteiger charge is -2.40. The van der Waals surface area contributed by atoms with Crippen LogP contribution in [0.15, 0.2) is 12.2 Å². The normalized spacial score (nSPS) is 17.3. The van der Waals surface area contributed by atoms with Crippen LogP contribution in [0.1, 0.15) is 457 Å². The van der Waals surface area contributed by atoms with Crippen molar-refractivity contribution in [2.75, 3.05) is 19.8 Å². The van der Waals surface area contributed by atoms with Crippen molar-refractivity contribution in [2.24, 2.45) is 0 Å². The minimum absolute atomic E-state index is 0.0236. The van der Waals surface area contributed by atoms with Gasteiger partial charge in [0.05, 0.1) is 32.0 Å². The van der Waals surface area contributed by atoms with Crippen molar-refractivity contribution in [3.8, 4) is 0 Å². The van der Waals surface area contributed by atoms with Crippen LogP contribution in [-0.2, 0) is 23.8 Å². The van der Waals surface area contributed by atoms with Crippen molar-refractivity contribution in [2.45, 2.75) is 500 Å². The number of aliphatic hydroxyl groups excluding tert-OH is 5. The van der Waals surface area contributed by atoms with Crippen LogP contribution >= 0.6 is 0 Å². The van der Waals surface area contributed by atoms with E-state index in [1.165, 1.54) is 379 Å². The predicted molar refractivity (Wildman–Crippen MR) is 408 cm³/mol. The number of rotatable bonds is 78. The first-order valence-corrected chi connectivity index (χ1v) is 43.0.